The Balaban J connectivity index is 4.03. The first kappa shape index (κ1) is 13.4. The summed E-state index contributed by atoms with van der Waals surface area (Å²) < 4.78 is 3.89. The number of esters is 1. The summed E-state index contributed by atoms with van der Waals surface area (Å²) in [6.07, 6.45) is 0.224. The van der Waals surface area contributed by atoms with Crippen molar-refractivity contribution in [3.63, 3.8) is 0 Å². The first-order chi connectivity index (χ1) is 6.29. The van der Waals surface area contributed by atoms with Gasteiger partial charge in [0.2, 0.25) is 5.91 Å². The zero-order valence-electron chi connectivity index (χ0n) is 8.96. The van der Waals surface area contributed by atoms with Crippen molar-refractivity contribution in [2.24, 2.45) is 0 Å². The molecule has 14 heavy (non-hydrogen) atoms. The summed E-state index contributed by atoms with van der Waals surface area (Å²) in [7, 11) is 2.99. The van der Waals surface area contributed by atoms with E-state index in [0.29, 0.717) is 6.54 Å². The Morgan fingerprint density at radius 3 is 2.29 bits per heavy atom. The Kier molecular flexibility index (Phi) is 5.12. The molecular weight excluding hydrogens is 250 g/mol. The highest BCUT2D eigenvalue weighted by atomic mass is 79.9. The standard InChI is InChI=1S/C9H16BrNO3/c1-9(2,10)8(13)11(3)6-5-7(12)14-4/h5-6H2,1-4H3. The van der Waals surface area contributed by atoms with Gasteiger partial charge in [-0.25, -0.2) is 0 Å². The van der Waals surface area contributed by atoms with Crippen LogP contribution >= 0.6 is 15.9 Å². The fraction of sp³-hybridized carbons (Fsp3) is 0.778. The van der Waals surface area contributed by atoms with E-state index in [1.807, 2.05) is 0 Å². The van der Waals surface area contributed by atoms with Crippen LogP contribution in [0.15, 0.2) is 0 Å². The van der Waals surface area contributed by atoms with Crippen LogP contribution in [0.2, 0.25) is 0 Å². The van der Waals surface area contributed by atoms with Gasteiger partial charge in [-0.3, -0.25) is 9.59 Å². The van der Waals surface area contributed by atoms with Crippen LogP contribution in [0.1, 0.15) is 20.3 Å². The minimum Gasteiger partial charge on any atom is -0.469 e. The number of nitrogens with zero attached hydrogens (tertiary/aromatic N) is 1. The van der Waals surface area contributed by atoms with E-state index in [1.165, 1.54) is 12.0 Å². The van der Waals surface area contributed by atoms with Crippen LogP contribution in [-0.4, -0.2) is 41.8 Å². The number of hydrogen-bond donors (Lipinski definition) is 0. The van der Waals surface area contributed by atoms with Gasteiger partial charge in [0.15, 0.2) is 0 Å². The number of hydrogen-bond acceptors (Lipinski definition) is 3. The summed E-state index contributed by atoms with van der Waals surface area (Å²) >= 11 is 3.26. The Morgan fingerprint density at radius 2 is 1.93 bits per heavy atom. The van der Waals surface area contributed by atoms with Crippen LogP contribution in [0.3, 0.4) is 0 Å². The predicted molar refractivity (Wildman–Crippen MR) is 57.3 cm³/mol. The first-order valence-electron chi connectivity index (χ1n) is 4.30. The van der Waals surface area contributed by atoms with E-state index in [1.54, 1.807) is 20.9 Å². The van der Waals surface area contributed by atoms with Gasteiger partial charge in [0.05, 0.1) is 17.9 Å². The highest BCUT2D eigenvalue weighted by molar-refractivity contribution is 9.10. The molecule has 0 atom stereocenters. The van der Waals surface area contributed by atoms with Crippen molar-refractivity contribution in [2.45, 2.75) is 24.6 Å². The molecule has 0 aromatic rings. The van der Waals surface area contributed by atoms with E-state index < -0.39 is 4.32 Å². The Bertz CT molecular complexity index is 223. The van der Waals surface area contributed by atoms with Gasteiger partial charge in [0.1, 0.15) is 0 Å². The second-order valence-electron chi connectivity index (χ2n) is 3.53. The molecule has 0 aliphatic heterocycles. The third-order valence-corrected chi connectivity index (χ3v) is 2.07. The van der Waals surface area contributed by atoms with E-state index in [9.17, 15) is 9.59 Å². The van der Waals surface area contributed by atoms with Crippen molar-refractivity contribution >= 4 is 27.8 Å². The molecule has 0 unspecified atom stereocenters. The summed E-state index contributed by atoms with van der Waals surface area (Å²) in [6, 6.07) is 0. The smallest absolute Gasteiger partial charge is 0.307 e. The first-order valence-corrected chi connectivity index (χ1v) is 5.09. The normalized spacial score (nSPS) is 10.9. The molecule has 0 aromatic carbocycles. The lowest BCUT2D eigenvalue weighted by molar-refractivity contribution is -0.141. The lowest BCUT2D eigenvalue weighted by Gasteiger charge is -2.24. The number of methoxy groups -OCH3 is 1. The molecule has 82 valence electrons. The fourth-order valence-corrected chi connectivity index (χ4v) is 1.22. The number of halogens is 1. The maximum Gasteiger partial charge on any atom is 0.307 e. The van der Waals surface area contributed by atoms with E-state index in [-0.39, 0.29) is 18.3 Å². The second-order valence-corrected chi connectivity index (χ2v) is 5.51. The molecule has 0 aliphatic carbocycles. The molecule has 0 fully saturated rings. The van der Waals surface area contributed by atoms with Crippen molar-refractivity contribution in [1.82, 2.24) is 4.90 Å². The van der Waals surface area contributed by atoms with E-state index >= 15 is 0 Å². The fourth-order valence-electron chi connectivity index (χ4n) is 0.916. The van der Waals surface area contributed by atoms with E-state index in [4.69, 9.17) is 0 Å². The second kappa shape index (κ2) is 5.34. The van der Waals surface area contributed by atoms with Crippen molar-refractivity contribution in [2.75, 3.05) is 20.7 Å². The largest absolute Gasteiger partial charge is 0.469 e. The molecule has 4 nitrogen and oxygen atoms in total. The van der Waals surface area contributed by atoms with Gasteiger partial charge in [-0.2, -0.15) is 0 Å². The average Bonchev–Trinajstić information content (AvgIpc) is 2.10. The summed E-state index contributed by atoms with van der Waals surface area (Å²) in [5.74, 6) is -0.363. The number of carbonyl (C=O) groups excluding carboxylic acids is 2. The molecule has 0 aliphatic rings. The topological polar surface area (TPSA) is 46.6 Å². The van der Waals surface area contributed by atoms with Gasteiger partial charge in [0, 0.05) is 13.6 Å². The van der Waals surface area contributed by atoms with Crippen LogP contribution in [0.25, 0.3) is 0 Å². The third-order valence-electron chi connectivity index (χ3n) is 1.73. The van der Waals surface area contributed by atoms with Gasteiger partial charge in [-0.1, -0.05) is 15.9 Å². The lowest BCUT2D eigenvalue weighted by Crippen LogP contribution is -2.40. The van der Waals surface area contributed by atoms with Gasteiger partial charge in [0.25, 0.3) is 0 Å². The Morgan fingerprint density at radius 1 is 1.43 bits per heavy atom. The van der Waals surface area contributed by atoms with Gasteiger partial charge < -0.3 is 9.64 Å². The quantitative estimate of drug-likeness (QED) is 0.567. The zero-order chi connectivity index (χ0) is 11.4. The van der Waals surface area contributed by atoms with Crippen LogP contribution in [0, 0.1) is 0 Å². The van der Waals surface area contributed by atoms with Crippen molar-refractivity contribution in [1.29, 1.82) is 0 Å². The SMILES string of the molecule is COC(=O)CCN(C)C(=O)C(C)(C)Br. The van der Waals surface area contributed by atoms with Crippen LogP contribution < -0.4 is 0 Å². The number of alkyl halides is 1. The van der Waals surface area contributed by atoms with Crippen molar-refractivity contribution in [3.8, 4) is 0 Å². The summed E-state index contributed by atoms with van der Waals surface area (Å²) in [6.45, 7) is 3.91. The molecule has 0 N–H and O–H groups in total. The Hall–Kier alpha value is -0.580. The number of rotatable bonds is 4. The van der Waals surface area contributed by atoms with Crippen LogP contribution in [-0.2, 0) is 14.3 Å². The number of amides is 1. The molecule has 0 saturated heterocycles. The molecule has 5 heteroatoms. The summed E-state index contributed by atoms with van der Waals surface area (Å²) in [4.78, 5) is 23.9. The van der Waals surface area contributed by atoms with Crippen LogP contribution in [0.5, 0.6) is 0 Å². The molecule has 0 heterocycles. The molecular formula is C9H16BrNO3. The van der Waals surface area contributed by atoms with E-state index in [0.717, 1.165) is 0 Å². The monoisotopic (exact) mass is 265 g/mol. The molecule has 0 bridgehead atoms. The highest BCUT2D eigenvalue weighted by Crippen LogP contribution is 2.18. The maximum absolute atomic E-state index is 11.6. The van der Waals surface area contributed by atoms with Crippen molar-refractivity contribution in [3.05, 3.63) is 0 Å². The minimum atomic E-state index is -0.585. The maximum atomic E-state index is 11.6. The lowest BCUT2D eigenvalue weighted by atomic mass is 10.2. The molecule has 0 aromatic heterocycles. The molecule has 1 amide bonds. The molecule has 0 saturated carbocycles. The summed E-state index contributed by atoms with van der Waals surface area (Å²) in [5, 5.41) is 0. The third kappa shape index (κ3) is 4.60. The zero-order valence-corrected chi connectivity index (χ0v) is 10.6. The van der Waals surface area contributed by atoms with Crippen LogP contribution in [0.4, 0.5) is 0 Å². The minimum absolute atomic E-state index is 0.0543. The highest BCUT2D eigenvalue weighted by Gasteiger charge is 2.27. The molecule has 0 spiro atoms. The van der Waals surface area contributed by atoms with E-state index in [2.05, 4.69) is 20.7 Å². The van der Waals surface area contributed by atoms with Crippen molar-refractivity contribution < 1.29 is 14.3 Å². The van der Waals surface area contributed by atoms with Gasteiger partial charge in [-0.15, -0.1) is 0 Å². The molecule has 0 radical (unpaired) electrons. The number of ether oxygens (including phenoxy) is 1. The number of carbonyl (C=O) groups is 2. The van der Waals surface area contributed by atoms with Gasteiger partial charge >= 0.3 is 5.97 Å². The average molecular weight is 266 g/mol. The predicted octanol–water partition coefficient (Wildman–Crippen LogP) is 1.18. The Labute approximate surface area is 92.7 Å². The molecule has 0 rings (SSSR count). The van der Waals surface area contributed by atoms with Gasteiger partial charge in [-0.05, 0) is 13.8 Å². The summed E-state index contributed by atoms with van der Waals surface area (Å²) in [5.41, 5.74) is 0.